The molecule has 1 aliphatic rings. The molecule has 1 fully saturated rings. The largest absolute Gasteiger partial charge is 1.00 e. The zero-order chi connectivity index (χ0) is 12.6. The van der Waals surface area contributed by atoms with Crippen molar-refractivity contribution in [1.82, 2.24) is 4.90 Å². The van der Waals surface area contributed by atoms with Gasteiger partial charge in [-0.3, -0.25) is 4.90 Å². The summed E-state index contributed by atoms with van der Waals surface area (Å²) in [5, 5.41) is 0. The highest BCUT2D eigenvalue weighted by Gasteiger charge is 2.30. The van der Waals surface area contributed by atoms with E-state index < -0.39 is 0 Å². The Morgan fingerprint density at radius 3 is 2.22 bits per heavy atom. The predicted molar refractivity (Wildman–Crippen MR) is 76.2 cm³/mol. The number of piperazine rings is 1. The van der Waals surface area contributed by atoms with Gasteiger partial charge in [-0.15, -0.1) is 0 Å². The van der Waals surface area contributed by atoms with Crippen molar-refractivity contribution in [3.63, 3.8) is 0 Å². The van der Waals surface area contributed by atoms with Crippen LogP contribution in [0.2, 0.25) is 0 Å². The second-order valence-corrected chi connectivity index (χ2v) is 5.53. The van der Waals surface area contributed by atoms with Crippen molar-refractivity contribution in [3.05, 3.63) is 12.7 Å². The highest BCUT2D eigenvalue weighted by Crippen LogP contribution is 2.15. The van der Waals surface area contributed by atoms with E-state index in [1.54, 1.807) is 0 Å². The Hall–Kier alpha value is 0.140. The van der Waals surface area contributed by atoms with Gasteiger partial charge in [0.05, 0.1) is 26.2 Å². The van der Waals surface area contributed by atoms with Crippen LogP contribution >= 0.6 is 0 Å². The lowest BCUT2D eigenvalue weighted by molar-refractivity contribution is -0.927. The number of quaternary nitrogens is 1. The lowest BCUT2D eigenvalue weighted by Gasteiger charge is -2.44. The molecule has 0 spiro atoms. The first-order chi connectivity index (χ1) is 8.26. The van der Waals surface area contributed by atoms with Gasteiger partial charge in [0, 0.05) is 13.1 Å². The fraction of sp³-hybridized carbons (Fsp3) is 0.867. The van der Waals surface area contributed by atoms with E-state index in [0.29, 0.717) is 0 Å². The highest BCUT2D eigenvalue weighted by atomic mass is 79.9. The number of nitrogens with zero attached hydrogens (tertiary/aromatic N) is 2. The lowest BCUT2D eigenvalue weighted by atomic mass is 10.1. The molecule has 1 saturated heterocycles. The summed E-state index contributed by atoms with van der Waals surface area (Å²) in [6, 6.07) is 0. The van der Waals surface area contributed by atoms with Crippen molar-refractivity contribution in [1.29, 1.82) is 0 Å². The standard InChI is InChI=1S/C15H31N2.BrH/c1-4-7-9-16-10-14-17(12-6-3,15-11-16)13-8-5-2;/h6H,3-5,7-15H2,1-2H3;1H/q+1;/p-1. The zero-order valence-corrected chi connectivity index (χ0v) is 13.9. The molecule has 0 radical (unpaired) electrons. The molecule has 0 N–H and O–H groups in total. The van der Waals surface area contributed by atoms with E-state index in [1.807, 2.05) is 0 Å². The minimum atomic E-state index is 0. The number of unbranched alkanes of at least 4 members (excludes halogenated alkanes) is 2. The van der Waals surface area contributed by atoms with Crippen LogP contribution in [0, 0.1) is 0 Å². The van der Waals surface area contributed by atoms with E-state index in [1.165, 1.54) is 76.0 Å². The molecule has 1 rings (SSSR count). The third-order valence-corrected chi connectivity index (χ3v) is 4.11. The maximum absolute atomic E-state index is 3.95. The van der Waals surface area contributed by atoms with Crippen LogP contribution in [0.5, 0.6) is 0 Å². The first-order valence-electron chi connectivity index (χ1n) is 7.44. The molecule has 0 unspecified atom stereocenters. The Kier molecular flexibility index (Phi) is 10.1. The molecular weight excluding hydrogens is 288 g/mol. The highest BCUT2D eigenvalue weighted by molar-refractivity contribution is 4.71. The van der Waals surface area contributed by atoms with Crippen LogP contribution in [0.3, 0.4) is 0 Å². The molecule has 0 aromatic carbocycles. The molecule has 0 saturated carbocycles. The Bertz CT molecular complexity index is 211. The molecule has 1 heterocycles. The molecule has 0 atom stereocenters. The zero-order valence-electron chi connectivity index (χ0n) is 12.3. The minimum Gasteiger partial charge on any atom is -1.00 e. The smallest absolute Gasteiger partial charge is 0.0971 e. The quantitative estimate of drug-likeness (QED) is 0.446. The Balaban J connectivity index is 0.00000289. The SMILES string of the molecule is C=CC[N+]1(CCCC)CCN(CCCC)CC1.[Br-]. The van der Waals surface area contributed by atoms with E-state index in [9.17, 15) is 0 Å². The molecule has 0 aliphatic carbocycles. The molecule has 108 valence electrons. The van der Waals surface area contributed by atoms with Crippen molar-refractivity contribution in [2.45, 2.75) is 39.5 Å². The Morgan fingerprint density at radius 2 is 1.72 bits per heavy atom. The summed E-state index contributed by atoms with van der Waals surface area (Å²) in [5.41, 5.74) is 0. The fourth-order valence-corrected chi connectivity index (χ4v) is 2.80. The normalized spacial score (nSPS) is 19.2. The minimum absolute atomic E-state index is 0. The number of hydrogen-bond donors (Lipinski definition) is 0. The van der Waals surface area contributed by atoms with Crippen LogP contribution in [0.25, 0.3) is 0 Å². The van der Waals surface area contributed by atoms with Crippen molar-refractivity contribution in [2.75, 3.05) is 45.8 Å². The van der Waals surface area contributed by atoms with E-state index in [2.05, 4.69) is 31.4 Å². The van der Waals surface area contributed by atoms with E-state index in [-0.39, 0.29) is 17.0 Å². The van der Waals surface area contributed by atoms with Crippen molar-refractivity contribution in [3.8, 4) is 0 Å². The Labute approximate surface area is 124 Å². The first kappa shape index (κ1) is 18.1. The number of hydrogen-bond acceptors (Lipinski definition) is 1. The summed E-state index contributed by atoms with van der Waals surface area (Å²) < 4.78 is 1.29. The molecule has 0 aromatic heterocycles. The van der Waals surface area contributed by atoms with Crippen LogP contribution in [0.15, 0.2) is 12.7 Å². The molecule has 3 heteroatoms. The lowest BCUT2D eigenvalue weighted by Crippen LogP contribution is -3.00. The molecule has 1 aliphatic heterocycles. The van der Waals surface area contributed by atoms with Gasteiger partial charge in [0.15, 0.2) is 0 Å². The summed E-state index contributed by atoms with van der Waals surface area (Å²) in [5.74, 6) is 0. The van der Waals surface area contributed by atoms with Gasteiger partial charge in [0.2, 0.25) is 0 Å². The first-order valence-corrected chi connectivity index (χ1v) is 7.44. The van der Waals surface area contributed by atoms with Gasteiger partial charge in [0.1, 0.15) is 0 Å². The predicted octanol–water partition coefficient (Wildman–Crippen LogP) is -0.0910. The molecule has 0 amide bonds. The van der Waals surface area contributed by atoms with Gasteiger partial charge in [-0.2, -0.15) is 0 Å². The number of halogens is 1. The number of rotatable bonds is 8. The van der Waals surface area contributed by atoms with Gasteiger partial charge in [-0.25, -0.2) is 0 Å². The topological polar surface area (TPSA) is 3.24 Å². The van der Waals surface area contributed by atoms with Gasteiger partial charge < -0.3 is 21.5 Å². The maximum atomic E-state index is 3.95. The summed E-state index contributed by atoms with van der Waals surface area (Å²) in [4.78, 5) is 2.65. The third-order valence-electron chi connectivity index (χ3n) is 4.11. The third kappa shape index (κ3) is 5.85. The van der Waals surface area contributed by atoms with Gasteiger partial charge in [-0.05, 0) is 25.5 Å². The summed E-state index contributed by atoms with van der Waals surface area (Å²) in [7, 11) is 0. The summed E-state index contributed by atoms with van der Waals surface area (Å²) in [6.45, 7) is 17.6. The second kappa shape index (κ2) is 9.99. The van der Waals surface area contributed by atoms with Gasteiger partial charge in [-0.1, -0.05) is 33.3 Å². The average molecular weight is 319 g/mol. The van der Waals surface area contributed by atoms with Gasteiger partial charge in [0.25, 0.3) is 0 Å². The summed E-state index contributed by atoms with van der Waals surface area (Å²) in [6.07, 6.45) is 7.48. The molecule has 2 nitrogen and oxygen atoms in total. The van der Waals surface area contributed by atoms with E-state index in [0.717, 1.165) is 0 Å². The molecule has 0 aromatic rings. The molecule has 18 heavy (non-hydrogen) atoms. The second-order valence-electron chi connectivity index (χ2n) is 5.53. The molecular formula is C15H31BrN2. The average Bonchev–Trinajstić information content (AvgIpc) is 2.36. The molecule has 0 bridgehead atoms. The maximum Gasteiger partial charge on any atom is 0.0971 e. The van der Waals surface area contributed by atoms with Crippen LogP contribution in [0.4, 0.5) is 0 Å². The fourth-order valence-electron chi connectivity index (χ4n) is 2.80. The Morgan fingerprint density at radius 1 is 1.11 bits per heavy atom. The van der Waals surface area contributed by atoms with E-state index in [4.69, 9.17) is 0 Å². The van der Waals surface area contributed by atoms with E-state index >= 15 is 0 Å². The van der Waals surface area contributed by atoms with Crippen molar-refractivity contribution < 1.29 is 21.5 Å². The van der Waals surface area contributed by atoms with Crippen LogP contribution in [-0.4, -0.2) is 55.2 Å². The van der Waals surface area contributed by atoms with Crippen molar-refractivity contribution >= 4 is 0 Å². The van der Waals surface area contributed by atoms with Crippen LogP contribution in [0.1, 0.15) is 39.5 Å². The van der Waals surface area contributed by atoms with Crippen LogP contribution in [-0.2, 0) is 0 Å². The van der Waals surface area contributed by atoms with Crippen LogP contribution < -0.4 is 17.0 Å². The van der Waals surface area contributed by atoms with Gasteiger partial charge >= 0.3 is 0 Å². The monoisotopic (exact) mass is 318 g/mol. The summed E-state index contributed by atoms with van der Waals surface area (Å²) >= 11 is 0. The van der Waals surface area contributed by atoms with Crippen molar-refractivity contribution in [2.24, 2.45) is 0 Å².